The molecule has 0 saturated carbocycles. The van der Waals surface area contributed by atoms with E-state index in [0.29, 0.717) is 4.99 Å². The minimum atomic E-state index is 0.655. The van der Waals surface area contributed by atoms with Gasteiger partial charge < -0.3 is 5.73 Å². The summed E-state index contributed by atoms with van der Waals surface area (Å²) < 4.78 is 0. The molecule has 14 heavy (non-hydrogen) atoms. The molecular formula is C11H22N2S. The van der Waals surface area contributed by atoms with Crippen LogP contribution in [-0.2, 0) is 0 Å². The second-order valence-corrected chi connectivity index (χ2v) is 4.96. The molecule has 0 spiro atoms. The Balaban J connectivity index is 2.29. The average molecular weight is 214 g/mol. The van der Waals surface area contributed by atoms with E-state index in [1.165, 1.54) is 19.3 Å². The van der Waals surface area contributed by atoms with E-state index in [0.717, 1.165) is 31.5 Å². The second-order valence-electron chi connectivity index (χ2n) is 4.44. The Bertz CT molecular complexity index is 184. The van der Waals surface area contributed by atoms with Gasteiger partial charge in [0.1, 0.15) is 0 Å². The van der Waals surface area contributed by atoms with Gasteiger partial charge in [0, 0.05) is 12.1 Å². The van der Waals surface area contributed by atoms with Crippen LogP contribution in [0.5, 0.6) is 0 Å². The maximum atomic E-state index is 5.49. The van der Waals surface area contributed by atoms with E-state index in [1.54, 1.807) is 0 Å². The fraction of sp³-hybridized carbons (Fsp3) is 0.909. The zero-order valence-corrected chi connectivity index (χ0v) is 10.1. The highest BCUT2D eigenvalue weighted by Crippen LogP contribution is 2.22. The van der Waals surface area contributed by atoms with Crippen LogP contribution in [0.3, 0.4) is 0 Å². The predicted octanol–water partition coefficient (Wildman–Crippen LogP) is 2.32. The molecule has 0 bridgehead atoms. The summed E-state index contributed by atoms with van der Waals surface area (Å²) in [5.74, 6) is 0. The van der Waals surface area contributed by atoms with Crippen molar-refractivity contribution in [3.05, 3.63) is 0 Å². The van der Waals surface area contributed by atoms with Crippen molar-refractivity contribution in [3.63, 3.8) is 0 Å². The van der Waals surface area contributed by atoms with Gasteiger partial charge in [0.25, 0.3) is 0 Å². The largest absolute Gasteiger partial charge is 0.393 e. The topological polar surface area (TPSA) is 29.3 Å². The van der Waals surface area contributed by atoms with Crippen LogP contribution in [0.15, 0.2) is 0 Å². The highest BCUT2D eigenvalue weighted by molar-refractivity contribution is 7.80. The summed E-state index contributed by atoms with van der Waals surface area (Å²) in [5, 5.41) is 0. The zero-order valence-electron chi connectivity index (χ0n) is 9.33. The molecule has 82 valence electrons. The SMILES string of the molecule is CC1CCCC(C)N1CCCC(N)=S. The molecule has 1 fully saturated rings. The summed E-state index contributed by atoms with van der Waals surface area (Å²) in [4.78, 5) is 3.25. The Morgan fingerprint density at radius 3 is 2.43 bits per heavy atom. The minimum absolute atomic E-state index is 0.655. The third kappa shape index (κ3) is 3.54. The lowest BCUT2D eigenvalue weighted by Gasteiger charge is -2.39. The molecule has 3 heteroatoms. The maximum Gasteiger partial charge on any atom is 0.0727 e. The highest BCUT2D eigenvalue weighted by atomic mass is 32.1. The molecule has 1 aliphatic rings. The van der Waals surface area contributed by atoms with Crippen molar-refractivity contribution in [2.45, 2.75) is 58.0 Å². The van der Waals surface area contributed by atoms with Gasteiger partial charge in [-0.05, 0) is 46.1 Å². The first-order valence-electron chi connectivity index (χ1n) is 5.65. The standard InChI is InChI=1S/C11H22N2S/c1-9-5-3-6-10(2)13(9)8-4-7-11(12)14/h9-10H,3-8H2,1-2H3,(H2,12,14). The fourth-order valence-electron chi connectivity index (χ4n) is 2.35. The summed E-state index contributed by atoms with van der Waals surface area (Å²) >= 11 is 4.88. The number of hydrogen-bond donors (Lipinski definition) is 1. The number of likely N-dealkylation sites (tertiary alicyclic amines) is 1. The van der Waals surface area contributed by atoms with E-state index in [2.05, 4.69) is 18.7 Å². The van der Waals surface area contributed by atoms with Gasteiger partial charge in [0.15, 0.2) is 0 Å². The Labute approximate surface area is 92.8 Å². The lowest BCUT2D eigenvalue weighted by molar-refractivity contribution is 0.103. The van der Waals surface area contributed by atoms with Crippen LogP contribution in [-0.4, -0.2) is 28.5 Å². The van der Waals surface area contributed by atoms with Crippen molar-refractivity contribution in [1.82, 2.24) is 4.90 Å². The second kappa shape index (κ2) is 5.66. The van der Waals surface area contributed by atoms with E-state index >= 15 is 0 Å². The minimum Gasteiger partial charge on any atom is -0.393 e. The number of rotatable bonds is 4. The van der Waals surface area contributed by atoms with Gasteiger partial charge in [0.05, 0.1) is 4.99 Å². The van der Waals surface area contributed by atoms with Crippen LogP contribution < -0.4 is 5.73 Å². The van der Waals surface area contributed by atoms with Gasteiger partial charge in [-0.1, -0.05) is 18.6 Å². The van der Waals surface area contributed by atoms with Crippen molar-refractivity contribution in [2.75, 3.05) is 6.54 Å². The van der Waals surface area contributed by atoms with Gasteiger partial charge in [-0.2, -0.15) is 0 Å². The molecule has 1 saturated heterocycles. The molecule has 1 heterocycles. The quantitative estimate of drug-likeness (QED) is 0.728. The number of piperidine rings is 1. The molecular weight excluding hydrogens is 192 g/mol. The molecule has 1 rings (SSSR count). The van der Waals surface area contributed by atoms with Crippen molar-refractivity contribution in [3.8, 4) is 0 Å². The first kappa shape index (κ1) is 11.9. The van der Waals surface area contributed by atoms with Crippen LogP contribution in [0.25, 0.3) is 0 Å². The summed E-state index contributed by atoms with van der Waals surface area (Å²) in [5.41, 5.74) is 5.49. The fourth-order valence-corrected chi connectivity index (χ4v) is 2.50. The van der Waals surface area contributed by atoms with E-state index < -0.39 is 0 Å². The monoisotopic (exact) mass is 214 g/mol. The van der Waals surface area contributed by atoms with Crippen LogP contribution in [0.2, 0.25) is 0 Å². The van der Waals surface area contributed by atoms with Crippen molar-refractivity contribution < 1.29 is 0 Å². The van der Waals surface area contributed by atoms with Crippen molar-refractivity contribution in [1.29, 1.82) is 0 Å². The summed E-state index contributed by atoms with van der Waals surface area (Å²) in [6.45, 7) is 5.81. The number of nitrogens with zero attached hydrogens (tertiary/aromatic N) is 1. The van der Waals surface area contributed by atoms with E-state index in [4.69, 9.17) is 18.0 Å². The van der Waals surface area contributed by atoms with Gasteiger partial charge >= 0.3 is 0 Å². The van der Waals surface area contributed by atoms with Gasteiger partial charge in [0.2, 0.25) is 0 Å². The molecule has 2 atom stereocenters. The molecule has 1 aliphatic heterocycles. The number of hydrogen-bond acceptors (Lipinski definition) is 2. The summed E-state index contributed by atoms with van der Waals surface area (Å²) in [6, 6.07) is 1.48. The first-order valence-corrected chi connectivity index (χ1v) is 6.06. The summed E-state index contributed by atoms with van der Waals surface area (Å²) in [7, 11) is 0. The van der Waals surface area contributed by atoms with Crippen LogP contribution >= 0.6 is 12.2 Å². The van der Waals surface area contributed by atoms with Gasteiger partial charge in [-0.25, -0.2) is 0 Å². The molecule has 0 amide bonds. The molecule has 0 aromatic heterocycles. The maximum absolute atomic E-state index is 5.49. The molecule has 0 radical (unpaired) electrons. The molecule has 2 N–H and O–H groups in total. The molecule has 2 nitrogen and oxygen atoms in total. The number of nitrogens with two attached hydrogens (primary N) is 1. The Hall–Kier alpha value is -0.150. The molecule has 0 aromatic carbocycles. The molecule has 2 unspecified atom stereocenters. The highest BCUT2D eigenvalue weighted by Gasteiger charge is 2.23. The predicted molar refractivity (Wildman–Crippen MR) is 65.5 cm³/mol. The Morgan fingerprint density at radius 2 is 1.93 bits per heavy atom. The van der Waals surface area contributed by atoms with E-state index in [9.17, 15) is 0 Å². The lowest BCUT2D eigenvalue weighted by Crippen LogP contribution is -2.44. The lowest BCUT2D eigenvalue weighted by atomic mass is 9.97. The van der Waals surface area contributed by atoms with Gasteiger partial charge in [-0.15, -0.1) is 0 Å². The average Bonchev–Trinajstić information content (AvgIpc) is 2.09. The van der Waals surface area contributed by atoms with Crippen LogP contribution in [0, 0.1) is 0 Å². The normalized spacial score (nSPS) is 29.0. The van der Waals surface area contributed by atoms with Crippen LogP contribution in [0.4, 0.5) is 0 Å². The van der Waals surface area contributed by atoms with Crippen molar-refractivity contribution >= 4 is 17.2 Å². The van der Waals surface area contributed by atoms with Crippen molar-refractivity contribution in [2.24, 2.45) is 5.73 Å². The zero-order chi connectivity index (χ0) is 10.6. The smallest absolute Gasteiger partial charge is 0.0727 e. The third-order valence-electron chi connectivity index (χ3n) is 3.22. The molecule has 0 aliphatic carbocycles. The summed E-state index contributed by atoms with van der Waals surface area (Å²) in [6.07, 6.45) is 6.08. The van der Waals surface area contributed by atoms with E-state index in [-0.39, 0.29) is 0 Å². The first-order chi connectivity index (χ1) is 6.61. The third-order valence-corrected chi connectivity index (χ3v) is 3.42. The van der Waals surface area contributed by atoms with E-state index in [1.807, 2.05) is 0 Å². The van der Waals surface area contributed by atoms with Gasteiger partial charge in [-0.3, -0.25) is 4.90 Å². The van der Waals surface area contributed by atoms with Crippen LogP contribution in [0.1, 0.15) is 46.0 Å². The Morgan fingerprint density at radius 1 is 1.36 bits per heavy atom. The molecule has 0 aromatic rings. The number of thiocarbonyl (C=S) groups is 1. The Kier molecular flexibility index (Phi) is 4.82.